The number of halogens is 4. The van der Waals surface area contributed by atoms with E-state index in [2.05, 4.69) is 25.0 Å². The Balaban J connectivity index is 1.00. The van der Waals surface area contributed by atoms with Gasteiger partial charge in [-0.2, -0.15) is 0 Å². The molecule has 16 nitrogen and oxygen atoms in total. The Labute approximate surface area is 397 Å². The minimum absolute atomic E-state index is 0.0161. The largest absolute Gasteiger partial charge is 0.573 e. The molecule has 4 atom stereocenters. The summed E-state index contributed by atoms with van der Waals surface area (Å²) in [6.45, 7) is 7.68. The fourth-order valence-electron chi connectivity index (χ4n) is 9.25. The van der Waals surface area contributed by atoms with Crippen molar-refractivity contribution in [2.45, 2.75) is 89.9 Å². The highest BCUT2D eigenvalue weighted by atomic mass is 19.4. The van der Waals surface area contributed by atoms with E-state index in [4.69, 9.17) is 14.2 Å². The number of likely N-dealkylation sites (tertiary alicyclic amines) is 1. The number of hydrogen-bond acceptors (Lipinski definition) is 12. The molecule has 2 aromatic heterocycles. The highest BCUT2D eigenvalue weighted by Gasteiger charge is 2.44. The van der Waals surface area contributed by atoms with Crippen LogP contribution >= 0.6 is 0 Å². The van der Waals surface area contributed by atoms with Crippen LogP contribution in [0, 0.1) is 17.2 Å². The quantitative estimate of drug-likeness (QED) is 0.0782. The van der Waals surface area contributed by atoms with Gasteiger partial charge in [0, 0.05) is 82.7 Å². The number of alkyl carbamates (subject to hydrolysis) is 1. The molecule has 0 radical (unpaired) electrons. The summed E-state index contributed by atoms with van der Waals surface area (Å²) in [6.07, 6.45) is -1.42. The maximum Gasteiger partial charge on any atom is 0.573 e. The Bertz CT molecular complexity index is 2440. The SMILES string of the molecule is COC(=O)N[C@H](C(=O)N1C[C@@H](OC)C[C@H]1c1ncc(-c2ccc(-c3cc(F)c(CCCC(=O)c4ccc(N5CCN(C(=O)C(C)(C)CO)C[C@H]5C)nc4)cc3OC(F)(F)F)cc2)[nH]1)C1CCOCC1. The molecule has 372 valence electrons. The molecule has 3 saturated heterocycles. The van der Waals surface area contributed by atoms with E-state index in [1.54, 1.807) is 61.2 Å². The number of anilines is 1. The van der Waals surface area contributed by atoms with Gasteiger partial charge in [0.2, 0.25) is 11.8 Å². The van der Waals surface area contributed by atoms with E-state index >= 15 is 4.39 Å². The van der Waals surface area contributed by atoms with E-state index in [0.717, 1.165) is 12.1 Å². The van der Waals surface area contributed by atoms with Gasteiger partial charge < -0.3 is 49.1 Å². The molecule has 3 fully saturated rings. The number of Topliss-reactive ketones (excluding diaryl/α,β-unsaturated/α-hetero) is 1. The summed E-state index contributed by atoms with van der Waals surface area (Å²) >= 11 is 0. The normalized spacial score (nSPS) is 19.6. The summed E-state index contributed by atoms with van der Waals surface area (Å²) in [5.74, 6) is -1.13. The number of nitrogens with zero attached hydrogens (tertiary/aromatic N) is 5. The van der Waals surface area contributed by atoms with Crippen LogP contribution in [0.4, 0.5) is 28.2 Å². The molecular weight excluding hydrogens is 907 g/mol. The van der Waals surface area contributed by atoms with Gasteiger partial charge in [-0.3, -0.25) is 14.4 Å². The van der Waals surface area contributed by atoms with Crippen LogP contribution in [0.25, 0.3) is 22.4 Å². The number of ketones is 1. The number of rotatable bonds is 16. The maximum atomic E-state index is 15.7. The third-order valence-electron chi connectivity index (χ3n) is 13.2. The number of H-pyrrole nitrogens is 1. The number of aliphatic hydroxyl groups is 1. The lowest BCUT2D eigenvalue weighted by Gasteiger charge is -2.42. The fraction of sp³-hybridized carbons (Fsp3) is 0.510. The van der Waals surface area contributed by atoms with Crippen LogP contribution in [0.3, 0.4) is 0 Å². The van der Waals surface area contributed by atoms with E-state index in [0.29, 0.717) is 80.6 Å². The van der Waals surface area contributed by atoms with Crippen molar-refractivity contribution in [3.63, 3.8) is 0 Å². The monoisotopic (exact) mass is 965 g/mol. The van der Waals surface area contributed by atoms with Gasteiger partial charge >= 0.3 is 12.5 Å². The second kappa shape index (κ2) is 21.7. The number of pyridine rings is 1. The highest BCUT2D eigenvalue weighted by Crippen LogP contribution is 2.39. The standard InChI is InChI=1S/C49H59F4N7O9/c1-29-26-58(46(64)48(2,3)28-61)17-18-59(29)42-14-13-34(24-54-42)40(62)8-6-7-33-21-41(69-49(51,52)53)36(23-37(33)50)30-9-11-31(12-10-30)38-25-55-44(56-38)39-22-35(66-4)27-60(39)45(63)43(57-47(65)67-5)32-15-19-68-20-16-32/h9-14,21,23-25,29,32,35,39,43,61H,6-8,15-20,22,26-28H2,1-5H3,(H,55,56)(H,57,65)/t29-,35+,39+,43+/m1/s1. The zero-order valence-corrected chi connectivity index (χ0v) is 39.3. The molecule has 4 aromatic rings. The molecule has 3 aliphatic heterocycles. The lowest BCUT2D eigenvalue weighted by Crippen LogP contribution is -2.56. The number of alkyl halides is 3. The van der Waals surface area contributed by atoms with E-state index in [1.807, 2.05) is 11.8 Å². The summed E-state index contributed by atoms with van der Waals surface area (Å²) < 4.78 is 77.4. The molecule has 0 aliphatic carbocycles. The summed E-state index contributed by atoms with van der Waals surface area (Å²) in [4.78, 5) is 70.3. The molecule has 0 bridgehead atoms. The van der Waals surface area contributed by atoms with E-state index in [1.165, 1.54) is 25.4 Å². The zero-order chi connectivity index (χ0) is 49.6. The Hall–Kier alpha value is -6.12. The third-order valence-corrected chi connectivity index (χ3v) is 13.2. The molecule has 3 N–H and O–H groups in total. The first-order valence-electron chi connectivity index (χ1n) is 23.0. The van der Waals surface area contributed by atoms with Crippen molar-refractivity contribution in [3.05, 3.63) is 83.7 Å². The number of aromatic nitrogens is 3. The summed E-state index contributed by atoms with van der Waals surface area (Å²) in [5, 5.41) is 12.4. The predicted octanol–water partition coefficient (Wildman–Crippen LogP) is 6.88. The van der Waals surface area contributed by atoms with Gasteiger partial charge in [-0.05, 0) is 93.3 Å². The van der Waals surface area contributed by atoms with Gasteiger partial charge in [0.15, 0.2) is 5.78 Å². The molecule has 69 heavy (non-hydrogen) atoms. The number of nitrogens with one attached hydrogen (secondary N) is 2. The first-order chi connectivity index (χ1) is 32.9. The molecule has 20 heteroatoms. The number of carbonyl (C=O) groups excluding carboxylic acids is 4. The number of aryl methyl sites for hydroxylation is 1. The van der Waals surface area contributed by atoms with Crippen LogP contribution in [0.1, 0.15) is 80.7 Å². The van der Waals surface area contributed by atoms with Crippen molar-refractivity contribution in [3.8, 4) is 28.1 Å². The van der Waals surface area contributed by atoms with Gasteiger partial charge in [-0.1, -0.05) is 24.3 Å². The van der Waals surface area contributed by atoms with Crippen LogP contribution in [0.2, 0.25) is 0 Å². The number of hydrogen-bond donors (Lipinski definition) is 3. The molecule has 2 aromatic carbocycles. The molecular formula is C49H59F4N7O9. The Morgan fingerprint density at radius 1 is 0.971 bits per heavy atom. The lowest BCUT2D eigenvalue weighted by atomic mass is 9.90. The summed E-state index contributed by atoms with van der Waals surface area (Å²) in [7, 11) is 2.79. The van der Waals surface area contributed by atoms with Crippen LogP contribution in [-0.2, 0) is 30.2 Å². The number of ether oxygens (including phenoxy) is 4. The Kier molecular flexibility index (Phi) is 15.9. The summed E-state index contributed by atoms with van der Waals surface area (Å²) in [6, 6.07) is 10.3. The molecule has 0 saturated carbocycles. The zero-order valence-electron chi connectivity index (χ0n) is 39.3. The number of aliphatic hydroxyl groups excluding tert-OH is 1. The van der Waals surface area contributed by atoms with Gasteiger partial charge in [-0.25, -0.2) is 19.2 Å². The van der Waals surface area contributed by atoms with Gasteiger partial charge in [-0.15, -0.1) is 13.2 Å². The number of carbonyl (C=O) groups is 4. The van der Waals surface area contributed by atoms with E-state index in [9.17, 15) is 37.5 Å². The molecule has 3 aliphatic rings. The van der Waals surface area contributed by atoms with Crippen molar-refractivity contribution in [1.82, 2.24) is 30.1 Å². The molecule has 0 unspecified atom stereocenters. The molecule has 5 heterocycles. The predicted molar refractivity (Wildman–Crippen MR) is 245 cm³/mol. The second-order valence-corrected chi connectivity index (χ2v) is 18.4. The van der Waals surface area contributed by atoms with Gasteiger partial charge in [0.25, 0.3) is 0 Å². The van der Waals surface area contributed by atoms with Crippen LogP contribution < -0.4 is 15.0 Å². The Morgan fingerprint density at radius 3 is 2.33 bits per heavy atom. The number of methoxy groups -OCH3 is 2. The van der Waals surface area contributed by atoms with E-state index in [-0.39, 0.29) is 84.8 Å². The van der Waals surface area contributed by atoms with Crippen molar-refractivity contribution < 1.29 is 60.8 Å². The highest BCUT2D eigenvalue weighted by molar-refractivity contribution is 5.96. The number of benzene rings is 2. The minimum atomic E-state index is -5.08. The minimum Gasteiger partial charge on any atom is -0.453 e. The maximum absolute atomic E-state index is 15.7. The third kappa shape index (κ3) is 12.0. The first kappa shape index (κ1) is 50.7. The van der Waals surface area contributed by atoms with Crippen LogP contribution in [0.15, 0.2) is 60.9 Å². The number of aromatic amines is 1. The number of imidazole rings is 1. The van der Waals surface area contributed by atoms with Crippen molar-refractivity contribution >= 4 is 29.5 Å². The second-order valence-electron chi connectivity index (χ2n) is 18.4. The summed E-state index contributed by atoms with van der Waals surface area (Å²) in [5.41, 5.74) is 0.675. The molecule has 3 amide bonds. The average Bonchev–Trinajstić information content (AvgIpc) is 4.02. The van der Waals surface area contributed by atoms with Crippen molar-refractivity contribution in [1.29, 1.82) is 0 Å². The lowest BCUT2D eigenvalue weighted by molar-refractivity contribution is -0.274. The average molecular weight is 966 g/mol. The van der Waals surface area contributed by atoms with Gasteiger partial charge in [0.05, 0.1) is 43.2 Å². The fourth-order valence-corrected chi connectivity index (χ4v) is 9.25. The topological polar surface area (TPSA) is 189 Å². The Morgan fingerprint density at radius 2 is 1.70 bits per heavy atom. The first-order valence-corrected chi connectivity index (χ1v) is 23.0. The van der Waals surface area contributed by atoms with Crippen LogP contribution in [-0.4, -0.2) is 138 Å². The molecule has 0 spiro atoms. The number of amides is 3. The van der Waals surface area contributed by atoms with Crippen LogP contribution in [0.5, 0.6) is 5.75 Å². The van der Waals surface area contributed by atoms with Crippen molar-refractivity contribution in [2.24, 2.45) is 11.3 Å². The van der Waals surface area contributed by atoms with Gasteiger partial charge in [0.1, 0.15) is 29.3 Å². The van der Waals surface area contributed by atoms with Crippen molar-refractivity contribution in [2.75, 3.05) is 65.1 Å². The molecule has 7 rings (SSSR count). The number of piperazine rings is 1. The smallest absolute Gasteiger partial charge is 0.453 e. The van der Waals surface area contributed by atoms with E-state index < -0.39 is 41.5 Å².